The molecule has 0 saturated heterocycles. The lowest BCUT2D eigenvalue weighted by Crippen LogP contribution is -2.24. The minimum Gasteiger partial charge on any atom is -0.463 e. The second-order valence-electron chi connectivity index (χ2n) is 9.55. The molecule has 0 saturated carbocycles. The molecule has 0 amide bonds. The highest BCUT2D eigenvalue weighted by molar-refractivity contribution is 9.10. The molecule has 0 fully saturated rings. The molecule has 0 unspecified atom stereocenters. The Kier molecular flexibility index (Phi) is 11.5. The highest BCUT2D eigenvalue weighted by atomic mass is 79.9. The molecule has 3 atom stereocenters. The number of hydrogen-bond donors (Lipinski definition) is 3. The maximum absolute atomic E-state index is 6.06. The van der Waals surface area contributed by atoms with E-state index >= 15 is 0 Å². The zero-order chi connectivity index (χ0) is 31.1. The Morgan fingerprint density at radius 3 is 1.58 bits per heavy atom. The molecule has 0 spiro atoms. The first-order valence-electron chi connectivity index (χ1n) is 13.1. The summed E-state index contributed by atoms with van der Waals surface area (Å²) < 4.78 is 17.3. The smallest absolute Gasteiger partial charge is 0.283 e. The molecule has 3 heterocycles. The van der Waals surface area contributed by atoms with Crippen LogP contribution in [-0.4, -0.2) is 37.9 Å². The third-order valence-electron chi connectivity index (χ3n) is 6.74. The monoisotopic (exact) mass is 772 g/mol. The van der Waals surface area contributed by atoms with Gasteiger partial charge in [-0.05, 0) is 59.5 Å². The normalized spacial score (nSPS) is 22.0. The molecular weight excluding hydrogens is 747 g/mol. The number of rotatable bonds is 4. The molecule has 0 radical (unpaired) electrons. The number of ether oxygens (including phenoxy) is 3. The summed E-state index contributed by atoms with van der Waals surface area (Å²) in [5.74, 6) is 0. The van der Waals surface area contributed by atoms with Gasteiger partial charge in [0.05, 0.1) is 0 Å². The molecule has 14 heteroatoms. The molecule has 0 aromatic heterocycles. The summed E-state index contributed by atoms with van der Waals surface area (Å²) in [6, 6.07) is 19.6. The third-order valence-corrected chi connectivity index (χ3v) is 8.63. The van der Waals surface area contributed by atoms with Gasteiger partial charge in [0.1, 0.15) is 37.4 Å². The molecule has 0 bridgehead atoms. The topological polar surface area (TPSA) is 143 Å². The first-order chi connectivity index (χ1) is 20.5. The van der Waals surface area contributed by atoms with Crippen LogP contribution in [0.1, 0.15) is 42.1 Å². The van der Waals surface area contributed by atoms with Crippen molar-refractivity contribution < 1.29 is 14.2 Å². The van der Waals surface area contributed by atoms with Crippen LogP contribution in [0.5, 0.6) is 0 Å². The van der Waals surface area contributed by atoms with Gasteiger partial charge in [0.15, 0.2) is 0 Å². The van der Waals surface area contributed by atoms with Gasteiger partial charge in [0.25, 0.3) is 18.1 Å². The molecular formula is C29H29Br2Cl3N6O3. The van der Waals surface area contributed by atoms with Gasteiger partial charge < -0.3 is 31.4 Å². The molecule has 3 aromatic rings. The lowest BCUT2D eigenvalue weighted by atomic mass is 9.89. The maximum atomic E-state index is 6.06. The van der Waals surface area contributed by atoms with Crippen molar-refractivity contribution in [2.45, 2.75) is 31.0 Å². The number of nitrogens with zero attached hydrogens (tertiary/aromatic N) is 3. The van der Waals surface area contributed by atoms with Gasteiger partial charge in [-0.25, -0.2) is 15.0 Å². The lowest BCUT2D eigenvalue weighted by molar-refractivity contribution is 0.249. The Hall–Kier alpha value is -2.70. The van der Waals surface area contributed by atoms with Crippen LogP contribution >= 0.6 is 66.7 Å². The number of halogens is 5. The first kappa shape index (κ1) is 33.2. The van der Waals surface area contributed by atoms with E-state index in [1.807, 2.05) is 60.7 Å². The van der Waals surface area contributed by atoms with Gasteiger partial charge in [-0.3, -0.25) is 0 Å². The minimum absolute atomic E-state index is 0.0735. The van der Waals surface area contributed by atoms with Crippen LogP contribution in [0.3, 0.4) is 0 Å². The van der Waals surface area contributed by atoms with E-state index in [1.54, 1.807) is 0 Å². The Balaban J connectivity index is 0.000000148. The van der Waals surface area contributed by atoms with Crippen molar-refractivity contribution in [3.05, 3.63) is 101 Å². The zero-order valence-corrected chi connectivity index (χ0v) is 28.4. The minimum atomic E-state index is -0.325. The van der Waals surface area contributed by atoms with Gasteiger partial charge in [-0.1, -0.05) is 97.9 Å². The molecule has 6 N–H and O–H groups in total. The van der Waals surface area contributed by atoms with E-state index in [4.69, 9.17) is 66.2 Å². The molecule has 43 heavy (non-hydrogen) atoms. The van der Waals surface area contributed by atoms with Crippen molar-refractivity contribution in [2.24, 2.45) is 32.2 Å². The van der Waals surface area contributed by atoms with E-state index < -0.39 is 0 Å². The summed E-state index contributed by atoms with van der Waals surface area (Å²) in [5.41, 5.74) is 19.0. The summed E-state index contributed by atoms with van der Waals surface area (Å²) >= 11 is 24.6. The summed E-state index contributed by atoms with van der Waals surface area (Å²) in [4.78, 5) is 12.6. The average molecular weight is 776 g/mol. The Morgan fingerprint density at radius 2 is 1.23 bits per heavy atom. The fraction of sp³-hybridized carbons (Fsp3) is 0.276. The summed E-state index contributed by atoms with van der Waals surface area (Å²) in [7, 11) is 0. The first-order valence-corrected chi connectivity index (χ1v) is 15.8. The zero-order valence-electron chi connectivity index (χ0n) is 22.9. The van der Waals surface area contributed by atoms with Crippen LogP contribution in [0.4, 0.5) is 0 Å². The average Bonchev–Trinajstić information content (AvgIpc) is 3.70. The molecule has 228 valence electrons. The SMILES string of the molecule is CC[C@]1(c2ccc(Cl)cc2)COC(N)=N1.NC1=N[C@@H](c2ccc(Br)cc2Cl)CO1.NC1=N[C@H](c2ccc(Br)cc2Cl)CO1. The van der Waals surface area contributed by atoms with E-state index in [-0.39, 0.29) is 35.7 Å². The van der Waals surface area contributed by atoms with E-state index in [0.29, 0.717) is 29.9 Å². The number of amidine groups is 3. The lowest BCUT2D eigenvalue weighted by Gasteiger charge is -2.22. The van der Waals surface area contributed by atoms with Gasteiger partial charge in [-0.2, -0.15) is 0 Å². The summed E-state index contributed by atoms with van der Waals surface area (Å²) in [5, 5.41) is 2.07. The quantitative estimate of drug-likeness (QED) is 0.255. The fourth-order valence-corrected chi connectivity index (χ4v) is 6.13. The standard InChI is InChI=1S/C11H13ClN2O.2C9H8BrClN2O/c1-2-11(7-15-10(13)14-11)8-3-5-9(12)6-4-8;2*10-5-1-2-6(7(11)3-5)8-4-14-9(12)13-8/h3-6H,2,7H2,1H3,(H2,13,14);2*1-3,8H,4H2,(H2,12,13)/t11-;2*8-/m110/s1. The number of benzene rings is 3. The second kappa shape index (κ2) is 14.9. The summed E-state index contributed by atoms with van der Waals surface area (Å²) in [6.07, 6.45) is 0.856. The molecule has 3 aromatic carbocycles. The van der Waals surface area contributed by atoms with E-state index in [1.165, 1.54) is 0 Å². The fourth-order valence-electron chi connectivity index (χ4n) is 4.41. The molecule has 6 rings (SSSR count). The van der Waals surface area contributed by atoms with Gasteiger partial charge in [0, 0.05) is 24.0 Å². The Morgan fingerprint density at radius 1 is 0.744 bits per heavy atom. The van der Waals surface area contributed by atoms with Crippen LogP contribution in [0.15, 0.2) is 84.6 Å². The third kappa shape index (κ3) is 8.69. The molecule has 3 aliphatic rings. The van der Waals surface area contributed by atoms with Gasteiger partial charge in [0.2, 0.25) is 0 Å². The number of nitrogens with two attached hydrogens (primary N) is 3. The van der Waals surface area contributed by atoms with Crippen molar-refractivity contribution in [1.82, 2.24) is 0 Å². The number of hydrogen-bond acceptors (Lipinski definition) is 9. The van der Waals surface area contributed by atoms with Crippen molar-refractivity contribution in [2.75, 3.05) is 19.8 Å². The van der Waals surface area contributed by atoms with E-state index in [0.717, 1.165) is 37.1 Å². The predicted octanol–water partition coefficient (Wildman–Crippen LogP) is 7.27. The summed E-state index contributed by atoms with van der Waals surface area (Å²) in [6.45, 7) is 3.51. The van der Waals surface area contributed by atoms with Gasteiger partial charge >= 0.3 is 0 Å². The van der Waals surface area contributed by atoms with Crippen molar-refractivity contribution in [1.29, 1.82) is 0 Å². The van der Waals surface area contributed by atoms with Crippen LogP contribution in [0.25, 0.3) is 0 Å². The van der Waals surface area contributed by atoms with E-state index in [9.17, 15) is 0 Å². The molecule has 0 aliphatic carbocycles. The largest absolute Gasteiger partial charge is 0.463 e. The van der Waals surface area contributed by atoms with Gasteiger partial charge in [-0.15, -0.1) is 0 Å². The highest BCUT2D eigenvalue weighted by Gasteiger charge is 2.36. The Bertz CT molecular complexity index is 1460. The number of aliphatic imine (C=N–C) groups is 3. The molecule has 9 nitrogen and oxygen atoms in total. The molecule has 3 aliphatic heterocycles. The van der Waals surface area contributed by atoms with Crippen LogP contribution in [0, 0.1) is 0 Å². The van der Waals surface area contributed by atoms with E-state index in [2.05, 4.69) is 53.8 Å². The van der Waals surface area contributed by atoms with Crippen molar-refractivity contribution >= 4 is 84.7 Å². The maximum Gasteiger partial charge on any atom is 0.283 e. The van der Waals surface area contributed by atoms with Crippen molar-refractivity contribution in [3.8, 4) is 0 Å². The Labute approximate surface area is 281 Å². The van der Waals surface area contributed by atoms with Crippen LogP contribution < -0.4 is 17.2 Å². The second-order valence-corrected chi connectivity index (χ2v) is 12.6. The highest BCUT2D eigenvalue weighted by Crippen LogP contribution is 2.34. The van der Waals surface area contributed by atoms with Crippen LogP contribution in [0.2, 0.25) is 15.1 Å². The van der Waals surface area contributed by atoms with Crippen molar-refractivity contribution in [3.63, 3.8) is 0 Å². The van der Waals surface area contributed by atoms with Crippen LogP contribution in [-0.2, 0) is 19.7 Å². The predicted molar refractivity (Wildman–Crippen MR) is 180 cm³/mol.